The van der Waals surface area contributed by atoms with Gasteiger partial charge in [0.15, 0.2) is 0 Å². The zero-order valence-electron chi connectivity index (χ0n) is 13.2. The monoisotopic (exact) mass is 294 g/mol. The number of anilines is 1. The van der Waals surface area contributed by atoms with E-state index >= 15 is 0 Å². The second-order valence-electron chi connectivity index (χ2n) is 5.46. The van der Waals surface area contributed by atoms with Gasteiger partial charge in [-0.3, -0.25) is 0 Å². The van der Waals surface area contributed by atoms with Crippen LogP contribution in [0, 0.1) is 6.92 Å². The lowest BCUT2D eigenvalue weighted by Gasteiger charge is -2.30. The lowest BCUT2D eigenvalue weighted by molar-refractivity contribution is 0.584. The van der Waals surface area contributed by atoms with Crippen LogP contribution in [0.5, 0.6) is 0 Å². The minimum absolute atomic E-state index is 0.981. The Labute approximate surface area is 131 Å². The molecule has 1 N–H and O–H groups in total. The van der Waals surface area contributed by atoms with Gasteiger partial charge in [-0.25, -0.2) is 9.97 Å². The van der Waals surface area contributed by atoms with Crippen molar-refractivity contribution in [2.24, 2.45) is 0 Å². The Morgan fingerprint density at radius 2 is 1.86 bits per heavy atom. The Morgan fingerprint density at radius 1 is 1.14 bits per heavy atom. The first-order valence-electron chi connectivity index (χ1n) is 7.80. The Hall–Kier alpha value is -2.20. The molecule has 2 aromatic rings. The Balaban J connectivity index is 2.09. The van der Waals surface area contributed by atoms with Gasteiger partial charge >= 0.3 is 0 Å². The summed E-state index contributed by atoms with van der Waals surface area (Å²) in [5.41, 5.74) is 4.59. The minimum Gasteiger partial charge on any atom is -0.353 e. The van der Waals surface area contributed by atoms with Crippen LogP contribution in [0.15, 0.2) is 42.7 Å². The van der Waals surface area contributed by atoms with Gasteiger partial charge in [0.2, 0.25) is 0 Å². The molecule has 2 heterocycles. The molecule has 0 amide bonds. The summed E-state index contributed by atoms with van der Waals surface area (Å²) < 4.78 is 0. The molecule has 0 saturated carbocycles. The van der Waals surface area contributed by atoms with E-state index in [2.05, 4.69) is 64.4 Å². The highest BCUT2D eigenvalue weighted by molar-refractivity contribution is 5.86. The summed E-state index contributed by atoms with van der Waals surface area (Å²) in [6, 6.07) is 10.5. The summed E-state index contributed by atoms with van der Waals surface area (Å²) in [5, 5.41) is 3.39. The number of hydrogen-bond donors (Lipinski definition) is 1. The first-order valence-corrected chi connectivity index (χ1v) is 7.80. The predicted molar refractivity (Wildman–Crippen MR) is 91.0 cm³/mol. The molecule has 22 heavy (non-hydrogen) atoms. The fourth-order valence-electron chi connectivity index (χ4n) is 2.97. The second-order valence-corrected chi connectivity index (χ2v) is 5.46. The normalized spacial score (nSPS) is 15.9. The molecule has 0 unspecified atom stereocenters. The second kappa shape index (κ2) is 6.71. The van der Waals surface area contributed by atoms with Crippen molar-refractivity contribution in [3.05, 3.63) is 59.6 Å². The summed E-state index contributed by atoms with van der Waals surface area (Å²) in [4.78, 5) is 11.4. The third-order valence-corrected chi connectivity index (χ3v) is 4.08. The number of benzene rings is 1. The molecule has 1 aliphatic heterocycles. The van der Waals surface area contributed by atoms with Crippen LogP contribution in [0.2, 0.25) is 0 Å². The minimum atomic E-state index is 0.981. The summed E-state index contributed by atoms with van der Waals surface area (Å²) in [6.45, 7) is 8.11. The molecule has 1 aliphatic rings. The van der Waals surface area contributed by atoms with Crippen LogP contribution in [-0.2, 0) is 0 Å². The molecule has 1 fully saturated rings. The third-order valence-electron chi connectivity index (χ3n) is 4.08. The van der Waals surface area contributed by atoms with Crippen LogP contribution in [0.3, 0.4) is 0 Å². The number of nitrogens with zero attached hydrogens (tertiary/aromatic N) is 3. The van der Waals surface area contributed by atoms with E-state index in [1.165, 1.54) is 11.1 Å². The van der Waals surface area contributed by atoms with E-state index in [-0.39, 0.29) is 0 Å². The van der Waals surface area contributed by atoms with Crippen molar-refractivity contribution in [2.75, 3.05) is 31.1 Å². The molecular formula is C18H22N4. The lowest BCUT2D eigenvalue weighted by Crippen LogP contribution is -2.44. The van der Waals surface area contributed by atoms with E-state index in [0.29, 0.717) is 0 Å². The van der Waals surface area contributed by atoms with Gasteiger partial charge in [-0.15, -0.1) is 0 Å². The van der Waals surface area contributed by atoms with Gasteiger partial charge in [-0.2, -0.15) is 0 Å². The van der Waals surface area contributed by atoms with Gasteiger partial charge in [0.25, 0.3) is 0 Å². The van der Waals surface area contributed by atoms with Gasteiger partial charge in [-0.1, -0.05) is 36.4 Å². The van der Waals surface area contributed by atoms with Gasteiger partial charge in [0.05, 0.1) is 5.69 Å². The van der Waals surface area contributed by atoms with E-state index in [4.69, 9.17) is 0 Å². The van der Waals surface area contributed by atoms with Gasteiger partial charge in [-0.05, 0) is 25.0 Å². The standard InChI is InChI=1S/C18H22N4/c1-3-16(15-7-5-4-6-8-15)17-14(2)20-13-21-18(17)22-11-9-19-10-12-22/h3-8,13,19H,9-12H2,1-2H3/b16-3-. The SMILES string of the molecule is C/C=C(/c1ccccc1)c1c(C)ncnc1N1CCNCC1. The predicted octanol–water partition coefficient (Wildman–Crippen LogP) is 2.65. The molecule has 4 heteroatoms. The number of allylic oxidation sites excluding steroid dienone is 1. The zero-order valence-corrected chi connectivity index (χ0v) is 13.2. The van der Waals surface area contributed by atoms with Crippen molar-refractivity contribution in [1.29, 1.82) is 0 Å². The molecule has 1 aromatic carbocycles. The van der Waals surface area contributed by atoms with Crippen molar-refractivity contribution >= 4 is 11.4 Å². The number of rotatable bonds is 3. The van der Waals surface area contributed by atoms with Crippen LogP contribution in [0.1, 0.15) is 23.7 Å². The molecule has 0 spiro atoms. The highest BCUT2D eigenvalue weighted by Gasteiger charge is 2.20. The van der Waals surface area contributed by atoms with Crippen molar-refractivity contribution in [3.8, 4) is 0 Å². The number of aryl methyl sites for hydroxylation is 1. The van der Waals surface area contributed by atoms with E-state index in [0.717, 1.165) is 43.3 Å². The smallest absolute Gasteiger partial charge is 0.140 e. The first-order chi connectivity index (χ1) is 10.8. The molecule has 4 nitrogen and oxygen atoms in total. The molecule has 0 aliphatic carbocycles. The maximum Gasteiger partial charge on any atom is 0.140 e. The lowest BCUT2D eigenvalue weighted by atomic mass is 9.96. The van der Waals surface area contributed by atoms with Crippen molar-refractivity contribution < 1.29 is 0 Å². The zero-order chi connectivity index (χ0) is 15.4. The molecule has 0 radical (unpaired) electrons. The fourth-order valence-corrected chi connectivity index (χ4v) is 2.97. The molecule has 114 valence electrons. The van der Waals surface area contributed by atoms with E-state index < -0.39 is 0 Å². The molecule has 1 saturated heterocycles. The first kappa shape index (κ1) is 14.7. The van der Waals surface area contributed by atoms with Gasteiger partial charge < -0.3 is 10.2 Å². The van der Waals surface area contributed by atoms with Crippen LogP contribution < -0.4 is 10.2 Å². The average Bonchev–Trinajstić information content (AvgIpc) is 2.59. The Morgan fingerprint density at radius 3 is 2.55 bits per heavy atom. The number of aromatic nitrogens is 2. The number of piperazine rings is 1. The van der Waals surface area contributed by atoms with E-state index in [1.807, 2.05) is 6.07 Å². The summed E-state index contributed by atoms with van der Waals surface area (Å²) in [6.07, 6.45) is 3.83. The summed E-state index contributed by atoms with van der Waals surface area (Å²) in [7, 11) is 0. The van der Waals surface area contributed by atoms with Crippen LogP contribution >= 0.6 is 0 Å². The van der Waals surface area contributed by atoms with Crippen LogP contribution in [0.4, 0.5) is 5.82 Å². The van der Waals surface area contributed by atoms with Crippen molar-refractivity contribution in [3.63, 3.8) is 0 Å². The Bertz CT molecular complexity index is 658. The van der Waals surface area contributed by atoms with E-state index in [9.17, 15) is 0 Å². The third kappa shape index (κ3) is 2.88. The quantitative estimate of drug-likeness (QED) is 0.945. The number of nitrogens with one attached hydrogen (secondary N) is 1. The van der Waals surface area contributed by atoms with E-state index in [1.54, 1.807) is 6.33 Å². The molecule has 0 atom stereocenters. The maximum absolute atomic E-state index is 4.60. The van der Waals surface area contributed by atoms with Gasteiger partial charge in [0.1, 0.15) is 12.1 Å². The number of hydrogen-bond acceptors (Lipinski definition) is 4. The molecule has 1 aromatic heterocycles. The van der Waals surface area contributed by atoms with Crippen LogP contribution in [0.25, 0.3) is 5.57 Å². The molecule has 0 bridgehead atoms. The molecular weight excluding hydrogens is 272 g/mol. The van der Waals surface area contributed by atoms with Crippen molar-refractivity contribution in [2.45, 2.75) is 13.8 Å². The highest BCUT2D eigenvalue weighted by Crippen LogP contribution is 2.32. The summed E-state index contributed by atoms with van der Waals surface area (Å²) >= 11 is 0. The topological polar surface area (TPSA) is 41.1 Å². The van der Waals surface area contributed by atoms with Gasteiger partial charge in [0, 0.05) is 31.7 Å². The maximum atomic E-state index is 4.60. The largest absolute Gasteiger partial charge is 0.353 e. The average molecular weight is 294 g/mol. The molecule has 3 rings (SSSR count). The fraction of sp³-hybridized carbons (Fsp3) is 0.333. The Kier molecular flexibility index (Phi) is 4.49. The highest BCUT2D eigenvalue weighted by atomic mass is 15.2. The van der Waals surface area contributed by atoms with Crippen LogP contribution in [-0.4, -0.2) is 36.1 Å². The van der Waals surface area contributed by atoms with Crippen molar-refractivity contribution in [1.82, 2.24) is 15.3 Å². The summed E-state index contributed by atoms with van der Waals surface area (Å²) in [5.74, 6) is 1.05.